The van der Waals surface area contributed by atoms with Gasteiger partial charge in [-0.05, 0) is 39.2 Å². The molecule has 6 unspecified atom stereocenters. The Balaban J connectivity index is 1.43. The topological polar surface area (TPSA) is 346 Å². The van der Waals surface area contributed by atoms with Crippen LogP contribution in [-0.4, -0.2) is 223 Å². The maximum atomic E-state index is 13.0. The van der Waals surface area contributed by atoms with Crippen molar-refractivity contribution < 1.29 is 93.5 Å². The number of hydrogen-bond donors (Lipinski definition) is 13. The minimum atomic E-state index is -1.24. The summed E-state index contributed by atoms with van der Waals surface area (Å²) in [5, 5.41) is 101. The Labute approximate surface area is 380 Å². The van der Waals surface area contributed by atoms with E-state index in [9.17, 15) is 60.3 Å². The number of nitrogens with one attached hydrogen (secondary N) is 4. The average Bonchev–Trinajstić information content (AvgIpc) is 3.30. The summed E-state index contributed by atoms with van der Waals surface area (Å²) in [5.41, 5.74) is -0.835. The first-order chi connectivity index (χ1) is 31.0. The summed E-state index contributed by atoms with van der Waals surface area (Å²) in [4.78, 5) is 38.6. The Morgan fingerprint density at radius 1 is 0.508 bits per heavy atom. The quantitative estimate of drug-likeness (QED) is 0.0303. The van der Waals surface area contributed by atoms with Crippen LogP contribution in [0.5, 0.6) is 0 Å². The van der Waals surface area contributed by atoms with Crippen molar-refractivity contribution in [1.29, 1.82) is 0 Å². The second-order valence-corrected chi connectivity index (χ2v) is 17.3. The molecule has 0 spiro atoms. The van der Waals surface area contributed by atoms with E-state index in [1.54, 1.807) is 27.8 Å². The lowest BCUT2D eigenvalue weighted by atomic mass is 9.88. The molecular weight excluding hydrogens is 864 g/mol. The van der Waals surface area contributed by atoms with Gasteiger partial charge in [-0.25, -0.2) is 0 Å². The molecule has 0 bridgehead atoms. The van der Waals surface area contributed by atoms with Crippen LogP contribution in [0.15, 0.2) is 0 Å². The third-order valence-corrected chi connectivity index (χ3v) is 12.4. The van der Waals surface area contributed by atoms with Crippen LogP contribution < -0.4 is 21.3 Å². The first kappa shape index (κ1) is 57.1. The van der Waals surface area contributed by atoms with E-state index in [-0.39, 0.29) is 102 Å². The third-order valence-electron chi connectivity index (χ3n) is 12.4. The fourth-order valence-corrected chi connectivity index (χ4v) is 7.73. The smallest absolute Gasteiger partial charge is 0.222 e. The number of ether oxygens (including phenoxy) is 7. The van der Waals surface area contributed by atoms with E-state index in [0.717, 1.165) is 0 Å². The predicted molar refractivity (Wildman–Crippen MR) is 227 cm³/mol. The molecule has 15 atom stereocenters. The molecule has 380 valence electrons. The van der Waals surface area contributed by atoms with Gasteiger partial charge in [0.15, 0.2) is 18.9 Å². The van der Waals surface area contributed by atoms with Crippen LogP contribution in [0.25, 0.3) is 0 Å². The predicted octanol–water partition coefficient (Wildman–Crippen LogP) is -4.29. The van der Waals surface area contributed by atoms with Gasteiger partial charge in [-0.3, -0.25) is 14.4 Å². The molecular formula is C42H78N4O19. The second kappa shape index (κ2) is 29.6. The van der Waals surface area contributed by atoms with Gasteiger partial charge in [0.25, 0.3) is 0 Å². The minimum Gasteiger partial charge on any atom is -0.394 e. The number of hydrogen-bond acceptors (Lipinski definition) is 20. The molecule has 0 aromatic rings. The fourth-order valence-electron chi connectivity index (χ4n) is 7.73. The van der Waals surface area contributed by atoms with Crippen LogP contribution in [0.1, 0.15) is 72.1 Å². The molecule has 0 saturated carbocycles. The Kier molecular flexibility index (Phi) is 26.0. The van der Waals surface area contributed by atoms with Crippen molar-refractivity contribution in [3.05, 3.63) is 0 Å². The number of amides is 3. The third kappa shape index (κ3) is 18.0. The fraction of sp³-hybridized carbons (Fsp3) is 0.929. The van der Waals surface area contributed by atoms with E-state index in [2.05, 4.69) is 21.3 Å². The maximum Gasteiger partial charge on any atom is 0.222 e. The zero-order chi connectivity index (χ0) is 48.1. The molecule has 3 aliphatic rings. The van der Waals surface area contributed by atoms with E-state index < -0.39 is 117 Å². The molecule has 65 heavy (non-hydrogen) atoms. The molecule has 0 aromatic heterocycles. The number of carbonyl (C=O) groups is 3. The lowest BCUT2D eigenvalue weighted by Gasteiger charge is -2.40. The lowest BCUT2D eigenvalue weighted by Crippen LogP contribution is -2.55. The van der Waals surface area contributed by atoms with Crippen LogP contribution in [0.4, 0.5) is 0 Å². The molecule has 3 fully saturated rings. The Morgan fingerprint density at radius 2 is 0.831 bits per heavy atom. The van der Waals surface area contributed by atoms with Gasteiger partial charge in [-0.1, -0.05) is 20.8 Å². The Hall–Kier alpha value is -2.27. The van der Waals surface area contributed by atoms with E-state index in [1.807, 2.05) is 0 Å². The highest BCUT2D eigenvalue weighted by molar-refractivity contribution is 5.77. The minimum absolute atomic E-state index is 0.0343. The van der Waals surface area contributed by atoms with Gasteiger partial charge in [-0.15, -0.1) is 0 Å². The Bertz CT molecular complexity index is 1310. The number of aliphatic hydroxyl groups is 9. The zero-order valence-electron chi connectivity index (χ0n) is 38.2. The Morgan fingerprint density at radius 3 is 1.14 bits per heavy atom. The second-order valence-electron chi connectivity index (χ2n) is 17.3. The highest BCUT2D eigenvalue weighted by Crippen LogP contribution is 2.29. The largest absolute Gasteiger partial charge is 0.394 e. The van der Waals surface area contributed by atoms with E-state index >= 15 is 0 Å². The summed E-state index contributed by atoms with van der Waals surface area (Å²) in [7, 11) is 1.70. The van der Waals surface area contributed by atoms with Gasteiger partial charge in [0.2, 0.25) is 17.7 Å². The molecule has 0 aliphatic carbocycles. The van der Waals surface area contributed by atoms with Crippen molar-refractivity contribution in [3.63, 3.8) is 0 Å². The van der Waals surface area contributed by atoms with Crippen molar-refractivity contribution in [1.82, 2.24) is 21.3 Å². The first-order valence-corrected chi connectivity index (χ1v) is 22.8. The summed E-state index contributed by atoms with van der Waals surface area (Å²) in [6.07, 6.45) is -10.5. The van der Waals surface area contributed by atoms with Gasteiger partial charge in [0, 0.05) is 62.2 Å². The van der Waals surface area contributed by atoms with Crippen molar-refractivity contribution in [2.24, 2.45) is 17.8 Å². The molecule has 23 heteroatoms. The van der Waals surface area contributed by atoms with Crippen LogP contribution >= 0.6 is 0 Å². The van der Waals surface area contributed by atoms with Crippen molar-refractivity contribution in [3.8, 4) is 0 Å². The number of rotatable bonds is 30. The van der Waals surface area contributed by atoms with Crippen molar-refractivity contribution in [2.45, 2.75) is 151 Å². The van der Waals surface area contributed by atoms with Crippen molar-refractivity contribution in [2.75, 3.05) is 79.5 Å². The van der Waals surface area contributed by atoms with Crippen LogP contribution in [0, 0.1) is 17.8 Å². The number of carbonyl (C=O) groups excluding carboxylic acids is 3. The molecule has 3 aliphatic heterocycles. The summed E-state index contributed by atoms with van der Waals surface area (Å²) < 4.78 is 39.8. The van der Waals surface area contributed by atoms with Gasteiger partial charge in [0.05, 0.1) is 71.2 Å². The molecule has 23 nitrogen and oxygen atoms in total. The van der Waals surface area contributed by atoms with Gasteiger partial charge >= 0.3 is 0 Å². The van der Waals surface area contributed by atoms with Crippen molar-refractivity contribution >= 4 is 17.7 Å². The molecule has 3 saturated heterocycles. The molecule has 3 amide bonds. The van der Waals surface area contributed by atoms with E-state index in [4.69, 9.17) is 33.2 Å². The SMILES string of the molecule is CNC(CCC(=O)NCCCO[C@@H]1OC(CO)[C@H](O)[C@H](O)C1C)(CCC(=O)NCCCO[C@@H]1OC(CO)[C@H](O)[C@H](O)C1C)COCCC(=O)NCCCO[C@@H]1OC(CO)[C@H](O)[C@H](O)C1C. The molecule has 0 aromatic carbocycles. The molecule has 3 heterocycles. The standard InChI is InChI=1S/C42H78N4O19/c1-24-33(53)36(56)27(20-47)63-39(24)60-16-5-13-44-30(50)8-11-42(43-4,12-9-31(51)45-14-6-17-61-40-25(2)34(54)37(57)28(21-48)64-40)23-59-19-10-32(52)46-15-7-18-62-41-26(3)35(55)38(58)29(22-49)65-41/h24-29,33-41,43,47-49,53-58H,5-23H2,1-4H3,(H,44,50)(H,45,51)(H,46,52)/t24?,25?,26?,27?,28?,29?,33-,34-,35-,36+,37+,38+,39-,40-,41-,42?/m1/s1. The normalized spacial score (nSPS) is 33.8. The molecule has 13 N–H and O–H groups in total. The summed E-state index contributed by atoms with van der Waals surface area (Å²) in [6.45, 7) is 5.04. The van der Waals surface area contributed by atoms with Gasteiger partial charge in [-0.2, -0.15) is 0 Å². The van der Waals surface area contributed by atoms with Crippen LogP contribution in [0.3, 0.4) is 0 Å². The monoisotopic (exact) mass is 943 g/mol. The maximum absolute atomic E-state index is 13.0. The van der Waals surface area contributed by atoms with Crippen LogP contribution in [-0.2, 0) is 47.5 Å². The molecule has 0 radical (unpaired) electrons. The summed E-state index contributed by atoms with van der Waals surface area (Å²) in [5.74, 6) is -2.40. The highest BCUT2D eigenvalue weighted by Gasteiger charge is 2.44. The first-order valence-electron chi connectivity index (χ1n) is 22.8. The highest BCUT2D eigenvalue weighted by atomic mass is 16.7. The van der Waals surface area contributed by atoms with Gasteiger partial charge in [0.1, 0.15) is 36.6 Å². The van der Waals surface area contributed by atoms with Gasteiger partial charge < -0.3 is 100 Å². The lowest BCUT2D eigenvalue weighted by molar-refractivity contribution is -0.282. The number of aliphatic hydroxyl groups excluding tert-OH is 9. The van der Waals surface area contributed by atoms with E-state index in [1.165, 1.54) is 0 Å². The van der Waals surface area contributed by atoms with Crippen LogP contribution in [0.2, 0.25) is 0 Å². The zero-order valence-corrected chi connectivity index (χ0v) is 38.2. The average molecular weight is 943 g/mol. The molecule has 3 rings (SSSR count). The van der Waals surface area contributed by atoms with E-state index in [0.29, 0.717) is 19.3 Å². The number of likely N-dealkylation sites (N-methyl/N-ethyl adjacent to an activating group) is 1. The summed E-state index contributed by atoms with van der Waals surface area (Å²) >= 11 is 0. The summed E-state index contributed by atoms with van der Waals surface area (Å²) in [6, 6.07) is 0.